The van der Waals surface area contributed by atoms with Gasteiger partial charge in [0.2, 0.25) is 5.91 Å². The molecule has 1 aliphatic heterocycles. The number of hydrogen-bond acceptors (Lipinski definition) is 2. The molecule has 1 heterocycles. The van der Waals surface area contributed by atoms with Gasteiger partial charge in [0.1, 0.15) is 0 Å². The van der Waals surface area contributed by atoms with E-state index in [-0.39, 0.29) is 5.91 Å². The molecular weight excluding hydrogens is 272 g/mol. The lowest BCUT2D eigenvalue weighted by molar-refractivity contribution is -0.132. The lowest BCUT2D eigenvalue weighted by atomic mass is 9.97. The van der Waals surface area contributed by atoms with Crippen molar-refractivity contribution < 1.29 is 4.79 Å². The third kappa shape index (κ3) is 3.47. The third-order valence-corrected chi connectivity index (χ3v) is 4.53. The zero-order valence-electron chi connectivity index (χ0n) is 13.2. The van der Waals surface area contributed by atoms with Gasteiger partial charge in [0, 0.05) is 13.1 Å². The standard InChI is InChI=1S/C19H24N2O/c1-20-13-16-5-4-10-21(14-16)19(22)12-15-8-9-17-6-2-3-7-18(17)11-15/h2-3,6-9,11,16,20H,4-5,10,12-14H2,1H3. The summed E-state index contributed by atoms with van der Waals surface area (Å²) in [5.74, 6) is 0.857. The van der Waals surface area contributed by atoms with Gasteiger partial charge in [-0.25, -0.2) is 0 Å². The first-order valence-electron chi connectivity index (χ1n) is 8.16. The van der Waals surface area contributed by atoms with Crippen molar-refractivity contribution in [3.63, 3.8) is 0 Å². The van der Waals surface area contributed by atoms with E-state index in [1.54, 1.807) is 0 Å². The Kier molecular flexibility index (Phi) is 4.74. The topological polar surface area (TPSA) is 32.3 Å². The summed E-state index contributed by atoms with van der Waals surface area (Å²) in [6.45, 7) is 2.81. The summed E-state index contributed by atoms with van der Waals surface area (Å²) in [6, 6.07) is 14.6. The van der Waals surface area contributed by atoms with Crippen LogP contribution in [0.5, 0.6) is 0 Å². The number of carbonyl (C=O) groups excluding carboxylic acids is 1. The molecule has 0 radical (unpaired) electrons. The van der Waals surface area contributed by atoms with Gasteiger partial charge in [0.05, 0.1) is 6.42 Å². The Morgan fingerprint density at radius 2 is 2.05 bits per heavy atom. The highest BCUT2D eigenvalue weighted by Gasteiger charge is 2.23. The number of piperidine rings is 1. The van der Waals surface area contributed by atoms with Gasteiger partial charge < -0.3 is 10.2 Å². The van der Waals surface area contributed by atoms with E-state index < -0.39 is 0 Å². The van der Waals surface area contributed by atoms with Crippen molar-refractivity contribution >= 4 is 16.7 Å². The molecule has 1 fully saturated rings. The minimum atomic E-state index is 0.260. The number of nitrogens with zero attached hydrogens (tertiary/aromatic N) is 1. The van der Waals surface area contributed by atoms with Gasteiger partial charge in [-0.3, -0.25) is 4.79 Å². The van der Waals surface area contributed by atoms with Gasteiger partial charge in [-0.2, -0.15) is 0 Å². The Bertz CT molecular complexity index is 651. The number of carbonyl (C=O) groups is 1. The van der Waals surface area contributed by atoms with Crippen LogP contribution in [0.1, 0.15) is 18.4 Å². The van der Waals surface area contributed by atoms with E-state index in [9.17, 15) is 4.79 Å². The van der Waals surface area contributed by atoms with Gasteiger partial charge >= 0.3 is 0 Å². The number of benzene rings is 2. The molecule has 1 atom stereocenters. The maximum absolute atomic E-state index is 12.6. The highest BCUT2D eigenvalue weighted by atomic mass is 16.2. The van der Waals surface area contributed by atoms with Crippen molar-refractivity contribution in [3.05, 3.63) is 48.0 Å². The Labute approximate surface area is 132 Å². The first-order chi connectivity index (χ1) is 10.8. The fourth-order valence-electron chi connectivity index (χ4n) is 3.38. The van der Waals surface area contributed by atoms with Crippen LogP contribution in [0.15, 0.2) is 42.5 Å². The number of fused-ring (bicyclic) bond motifs is 1. The van der Waals surface area contributed by atoms with Crippen LogP contribution in [0.2, 0.25) is 0 Å². The predicted molar refractivity (Wildman–Crippen MR) is 90.9 cm³/mol. The van der Waals surface area contributed by atoms with Crippen LogP contribution in [0, 0.1) is 5.92 Å². The largest absolute Gasteiger partial charge is 0.342 e. The molecule has 116 valence electrons. The molecule has 3 rings (SSSR count). The minimum Gasteiger partial charge on any atom is -0.342 e. The van der Waals surface area contributed by atoms with Crippen molar-refractivity contribution in [3.8, 4) is 0 Å². The van der Waals surface area contributed by atoms with Gasteiger partial charge in [0.25, 0.3) is 0 Å². The molecule has 1 aliphatic rings. The maximum Gasteiger partial charge on any atom is 0.226 e. The quantitative estimate of drug-likeness (QED) is 0.941. The predicted octanol–water partition coefficient (Wildman–Crippen LogP) is 2.84. The van der Waals surface area contributed by atoms with Gasteiger partial charge in [0.15, 0.2) is 0 Å². The molecule has 0 saturated carbocycles. The highest BCUT2D eigenvalue weighted by molar-refractivity contribution is 5.85. The zero-order chi connectivity index (χ0) is 15.4. The van der Waals surface area contributed by atoms with Gasteiger partial charge in [-0.15, -0.1) is 0 Å². The van der Waals surface area contributed by atoms with E-state index >= 15 is 0 Å². The van der Waals surface area contributed by atoms with E-state index in [0.717, 1.165) is 31.6 Å². The number of amides is 1. The molecule has 3 nitrogen and oxygen atoms in total. The van der Waals surface area contributed by atoms with E-state index in [2.05, 4.69) is 35.6 Å². The Morgan fingerprint density at radius 1 is 1.23 bits per heavy atom. The van der Waals surface area contributed by atoms with E-state index in [1.165, 1.54) is 17.2 Å². The van der Waals surface area contributed by atoms with Crippen LogP contribution in [-0.2, 0) is 11.2 Å². The summed E-state index contributed by atoms with van der Waals surface area (Å²) in [4.78, 5) is 14.6. The number of hydrogen-bond donors (Lipinski definition) is 1. The van der Waals surface area contributed by atoms with Gasteiger partial charge in [-0.1, -0.05) is 42.5 Å². The molecule has 1 amide bonds. The third-order valence-electron chi connectivity index (χ3n) is 4.53. The highest BCUT2D eigenvalue weighted by Crippen LogP contribution is 2.19. The minimum absolute atomic E-state index is 0.260. The molecule has 2 aromatic carbocycles. The van der Waals surface area contributed by atoms with Crippen LogP contribution >= 0.6 is 0 Å². The molecule has 0 spiro atoms. The summed E-state index contributed by atoms with van der Waals surface area (Å²) in [5, 5.41) is 5.66. The average Bonchev–Trinajstić information content (AvgIpc) is 2.55. The fraction of sp³-hybridized carbons (Fsp3) is 0.421. The number of nitrogens with one attached hydrogen (secondary N) is 1. The number of likely N-dealkylation sites (tertiary alicyclic amines) is 1. The van der Waals surface area contributed by atoms with E-state index in [0.29, 0.717) is 12.3 Å². The summed E-state index contributed by atoms with van der Waals surface area (Å²) in [5.41, 5.74) is 1.11. The van der Waals surface area contributed by atoms with Crippen LogP contribution in [-0.4, -0.2) is 37.5 Å². The first-order valence-corrected chi connectivity index (χ1v) is 8.16. The van der Waals surface area contributed by atoms with Crippen LogP contribution in [0.3, 0.4) is 0 Å². The smallest absolute Gasteiger partial charge is 0.226 e. The molecule has 1 N–H and O–H groups in total. The maximum atomic E-state index is 12.6. The Hall–Kier alpha value is -1.87. The molecule has 0 bridgehead atoms. The van der Waals surface area contributed by atoms with Crippen LogP contribution < -0.4 is 5.32 Å². The SMILES string of the molecule is CNCC1CCCN(C(=O)Cc2ccc3ccccc3c2)C1. The van der Waals surface area contributed by atoms with E-state index in [4.69, 9.17) is 0 Å². The zero-order valence-corrected chi connectivity index (χ0v) is 13.2. The van der Waals surface area contributed by atoms with Crippen molar-refractivity contribution in [2.75, 3.05) is 26.7 Å². The fourth-order valence-corrected chi connectivity index (χ4v) is 3.38. The summed E-state index contributed by atoms with van der Waals surface area (Å²) in [6.07, 6.45) is 2.85. The summed E-state index contributed by atoms with van der Waals surface area (Å²) < 4.78 is 0. The van der Waals surface area contributed by atoms with Gasteiger partial charge in [-0.05, 0) is 48.7 Å². The molecule has 1 saturated heterocycles. The lowest BCUT2D eigenvalue weighted by Gasteiger charge is -2.32. The summed E-state index contributed by atoms with van der Waals surface area (Å²) in [7, 11) is 1.98. The summed E-state index contributed by atoms with van der Waals surface area (Å²) >= 11 is 0. The monoisotopic (exact) mass is 296 g/mol. The Morgan fingerprint density at radius 3 is 2.86 bits per heavy atom. The molecule has 3 heteroatoms. The van der Waals surface area contributed by atoms with E-state index in [1.807, 2.05) is 24.1 Å². The molecule has 2 aromatic rings. The molecule has 0 aliphatic carbocycles. The second-order valence-electron chi connectivity index (χ2n) is 6.26. The van der Waals surface area contributed by atoms with Crippen molar-refractivity contribution in [1.82, 2.24) is 10.2 Å². The Balaban J connectivity index is 1.67. The molecule has 1 unspecified atom stereocenters. The normalized spacial score (nSPS) is 18.6. The lowest BCUT2D eigenvalue weighted by Crippen LogP contribution is -2.43. The molecule has 0 aromatic heterocycles. The van der Waals surface area contributed by atoms with Crippen molar-refractivity contribution in [2.45, 2.75) is 19.3 Å². The number of rotatable bonds is 4. The first kappa shape index (κ1) is 15.0. The average molecular weight is 296 g/mol. The van der Waals surface area contributed by atoms with Crippen LogP contribution in [0.4, 0.5) is 0 Å². The van der Waals surface area contributed by atoms with Crippen molar-refractivity contribution in [2.24, 2.45) is 5.92 Å². The molecule has 22 heavy (non-hydrogen) atoms. The molecular formula is C19H24N2O. The second-order valence-corrected chi connectivity index (χ2v) is 6.26. The van der Waals surface area contributed by atoms with Crippen molar-refractivity contribution in [1.29, 1.82) is 0 Å². The van der Waals surface area contributed by atoms with Crippen LogP contribution in [0.25, 0.3) is 10.8 Å². The second kappa shape index (κ2) is 6.93.